The van der Waals surface area contributed by atoms with Gasteiger partial charge in [0.1, 0.15) is 17.3 Å². The van der Waals surface area contributed by atoms with Crippen LogP contribution in [0, 0.1) is 5.82 Å². The fourth-order valence-corrected chi connectivity index (χ4v) is 3.31. The van der Waals surface area contributed by atoms with Gasteiger partial charge in [0.25, 0.3) is 0 Å². The molecular formula is C21H28ClFN2O3. The molecule has 1 aliphatic rings. The molecule has 1 aliphatic heterocycles. The number of piperidine rings is 1. The van der Waals surface area contributed by atoms with Crippen LogP contribution in [0.15, 0.2) is 40.8 Å². The Balaban J connectivity index is 0.00000280. The van der Waals surface area contributed by atoms with E-state index in [0.717, 1.165) is 32.4 Å². The van der Waals surface area contributed by atoms with E-state index in [9.17, 15) is 9.18 Å². The smallest absolute Gasteiger partial charge is 0.223 e. The van der Waals surface area contributed by atoms with Crippen LogP contribution >= 0.6 is 12.4 Å². The summed E-state index contributed by atoms with van der Waals surface area (Å²) in [6.45, 7) is 2.79. The van der Waals surface area contributed by atoms with E-state index >= 15 is 0 Å². The number of furan rings is 1. The van der Waals surface area contributed by atoms with Gasteiger partial charge in [0.05, 0.1) is 11.7 Å². The number of halogens is 2. The van der Waals surface area contributed by atoms with Crippen LogP contribution in [-0.2, 0) is 16.0 Å². The van der Waals surface area contributed by atoms with Gasteiger partial charge >= 0.3 is 0 Å². The van der Waals surface area contributed by atoms with Crippen LogP contribution in [-0.4, -0.2) is 43.2 Å². The fourth-order valence-electron chi connectivity index (χ4n) is 3.31. The van der Waals surface area contributed by atoms with E-state index in [1.807, 2.05) is 11.0 Å². The lowest BCUT2D eigenvalue weighted by Gasteiger charge is -2.32. The van der Waals surface area contributed by atoms with Gasteiger partial charge < -0.3 is 19.8 Å². The third-order valence-corrected chi connectivity index (χ3v) is 4.88. The van der Waals surface area contributed by atoms with Crippen LogP contribution in [0.1, 0.15) is 31.4 Å². The molecule has 2 aromatic rings. The summed E-state index contributed by atoms with van der Waals surface area (Å²) in [5.41, 5.74) is 5.91. The highest BCUT2D eigenvalue weighted by Gasteiger charge is 2.23. The average Bonchev–Trinajstić information content (AvgIpc) is 3.16. The lowest BCUT2D eigenvalue weighted by atomic mass is 10.1. The van der Waals surface area contributed by atoms with Gasteiger partial charge in [-0.15, -0.1) is 12.4 Å². The Bertz CT molecular complexity index is 745. The first-order valence-corrected chi connectivity index (χ1v) is 9.60. The second-order valence-electron chi connectivity index (χ2n) is 6.84. The second-order valence-corrected chi connectivity index (χ2v) is 6.84. The van der Waals surface area contributed by atoms with E-state index in [1.165, 1.54) is 6.07 Å². The Labute approximate surface area is 171 Å². The molecule has 1 fully saturated rings. The van der Waals surface area contributed by atoms with Crippen molar-refractivity contribution in [3.63, 3.8) is 0 Å². The number of rotatable bonds is 8. The molecule has 1 aromatic heterocycles. The number of likely N-dealkylation sites (tertiary alicyclic amines) is 1. The van der Waals surface area contributed by atoms with E-state index in [1.54, 1.807) is 24.3 Å². The first-order valence-electron chi connectivity index (χ1n) is 9.60. The van der Waals surface area contributed by atoms with E-state index in [4.69, 9.17) is 14.9 Å². The molecule has 0 aliphatic carbocycles. The third kappa shape index (κ3) is 6.06. The molecule has 0 spiro atoms. The molecule has 3 rings (SSSR count). The summed E-state index contributed by atoms with van der Waals surface area (Å²) in [7, 11) is 0. The monoisotopic (exact) mass is 410 g/mol. The van der Waals surface area contributed by atoms with Crippen molar-refractivity contribution < 1.29 is 18.3 Å². The highest BCUT2D eigenvalue weighted by atomic mass is 35.5. The summed E-state index contributed by atoms with van der Waals surface area (Å²) in [4.78, 5) is 14.3. The van der Waals surface area contributed by atoms with Crippen LogP contribution in [0.3, 0.4) is 0 Å². The minimum Gasteiger partial charge on any atom is -0.461 e. The quantitative estimate of drug-likeness (QED) is 0.672. The maximum Gasteiger partial charge on any atom is 0.223 e. The molecule has 154 valence electrons. The Morgan fingerprint density at radius 3 is 2.68 bits per heavy atom. The maximum absolute atomic E-state index is 13.8. The summed E-state index contributed by atoms with van der Waals surface area (Å²) in [6, 6.07) is 10.1. The van der Waals surface area contributed by atoms with Crippen molar-refractivity contribution >= 4 is 18.3 Å². The van der Waals surface area contributed by atoms with Gasteiger partial charge in [0.15, 0.2) is 0 Å². The zero-order chi connectivity index (χ0) is 19.1. The predicted octanol–water partition coefficient (Wildman–Crippen LogP) is 3.80. The number of hydrogen-bond acceptors (Lipinski definition) is 4. The van der Waals surface area contributed by atoms with Gasteiger partial charge in [-0.2, -0.15) is 0 Å². The van der Waals surface area contributed by atoms with E-state index in [0.29, 0.717) is 43.1 Å². The Morgan fingerprint density at radius 1 is 1.21 bits per heavy atom. The lowest BCUT2D eigenvalue weighted by molar-refractivity contribution is -0.133. The second kappa shape index (κ2) is 11.2. The Hall–Kier alpha value is -1.89. The molecule has 1 saturated heterocycles. The number of nitrogens with zero attached hydrogens (tertiary/aromatic N) is 1. The number of ether oxygens (including phenoxy) is 1. The first-order chi connectivity index (χ1) is 13.2. The van der Waals surface area contributed by atoms with Crippen molar-refractivity contribution in [3.8, 4) is 11.3 Å². The van der Waals surface area contributed by atoms with E-state index < -0.39 is 0 Å². The first kappa shape index (κ1) is 22.4. The maximum atomic E-state index is 13.8. The van der Waals surface area contributed by atoms with Crippen LogP contribution in [0.2, 0.25) is 0 Å². The zero-order valence-electron chi connectivity index (χ0n) is 15.9. The number of amides is 1. The molecule has 1 amide bonds. The average molecular weight is 411 g/mol. The standard InChI is InChI=1S/C21H27FN2O3.ClH/c22-19-5-2-1-4-18(19)20-8-6-17(27-20)7-9-21(25)24-13-10-16(11-14-24)26-15-3-12-23;/h1-2,4-6,8,16H,3,7,9-15,23H2;1H. The summed E-state index contributed by atoms with van der Waals surface area (Å²) < 4.78 is 25.3. The summed E-state index contributed by atoms with van der Waals surface area (Å²) in [6.07, 6.45) is 3.75. The van der Waals surface area contributed by atoms with Gasteiger partial charge in [-0.1, -0.05) is 12.1 Å². The molecule has 1 aromatic carbocycles. The molecule has 5 nitrogen and oxygen atoms in total. The molecule has 0 saturated carbocycles. The molecule has 0 radical (unpaired) electrons. The van der Waals surface area contributed by atoms with Crippen molar-refractivity contribution in [2.75, 3.05) is 26.2 Å². The normalized spacial score (nSPS) is 14.7. The number of carbonyl (C=O) groups excluding carboxylic acids is 1. The number of carbonyl (C=O) groups is 1. The van der Waals surface area contributed by atoms with Gasteiger partial charge in [0.2, 0.25) is 5.91 Å². The van der Waals surface area contributed by atoms with Gasteiger partial charge in [0, 0.05) is 32.5 Å². The molecule has 0 bridgehead atoms. The van der Waals surface area contributed by atoms with Crippen molar-refractivity contribution in [3.05, 3.63) is 48.0 Å². The highest BCUT2D eigenvalue weighted by Crippen LogP contribution is 2.25. The molecule has 0 unspecified atom stereocenters. The van der Waals surface area contributed by atoms with Crippen LogP contribution in [0.4, 0.5) is 4.39 Å². The summed E-state index contributed by atoms with van der Waals surface area (Å²) >= 11 is 0. The van der Waals surface area contributed by atoms with Crippen LogP contribution < -0.4 is 5.73 Å². The highest BCUT2D eigenvalue weighted by molar-refractivity contribution is 5.85. The lowest BCUT2D eigenvalue weighted by Crippen LogP contribution is -2.41. The Kier molecular flexibility index (Phi) is 8.96. The van der Waals surface area contributed by atoms with E-state index in [-0.39, 0.29) is 30.2 Å². The van der Waals surface area contributed by atoms with E-state index in [2.05, 4.69) is 0 Å². The minimum atomic E-state index is -0.314. The number of nitrogens with two attached hydrogens (primary N) is 1. The van der Waals surface area contributed by atoms with Gasteiger partial charge in [-0.05, 0) is 50.1 Å². The van der Waals surface area contributed by atoms with Gasteiger partial charge in [-0.25, -0.2) is 4.39 Å². The molecule has 2 N–H and O–H groups in total. The SMILES string of the molecule is Cl.NCCCOC1CCN(C(=O)CCc2ccc(-c3ccccc3F)o2)CC1. The number of aryl methyl sites for hydroxylation is 1. The van der Waals surface area contributed by atoms with Crippen LogP contribution in [0.5, 0.6) is 0 Å². The number of benzene rings is 1. The summed E-state index contributed by atoms with van der Waals surface area (Å²) in [5.74, 6) is 0.998. The van der Waals surface area contributed by atoms with Crippen molar-refractivity contribution in [1.29, 1.82) is 0 Å². The Morgan fingerprint density at radius 2 is 1.96 bits per heavy atom. The van der Waals surface area contributed by atoms with Gasteiger partial charge in [-0.3, -0.25) is 4.79 Å². The molecule has 7 heteroatoms. The van der Waals surface area contributed by atoms with Crippen LogP contribution in [0.25, 0.3) is 11.3 Å². The minimum absolute atomic E-state index is 0. The molecule has 28 heavy (non-hydrogen) atoms. The zero-order valence-corrected chi connectivity index (χ0v) is 16.8. The third-order valence-electron chi connectivity index (χ3n) is 4.88. The predicted molar refractivity (Wildman–Crippen MR) is 109 cm³/mol. The topological polar surface area (TPSA) is 68.7 Å². The number of hydrogen-bond donors (Lipinski definition) is 1. The summed E-state index contributed by atoms with van der Waals surface area (Å²) in [5, 5.41) is 0. The van der Waals surface area contributed by atoms with Crippen molar-refractivity contribution in [2.45, 2.75) is 38.2 Å². The van der Waals surface area contributed by atoms with Crippen molar-refractivity contribution in [1.82, 2.24) is 4.90 Å². The molecule has 2 heterocycles. The van der Waals surface area contributed by atoms with Crippen molar-refractivity contribution in [2.24, 2.45) is 5.73 Å². The fraction of sp³-hybridized carbons (Fsp3) is 0.476. The molecule has 0 atom stereocenters. The molecular weight excluding hydrogens is 383 g/mol. The largest absolute Gasteiger partial charge is 0.461 e.